The van der Waals surface area contributed by atoms with Crippen LogP contribution in [0.15, 0.2) is 72.8 Å². The van der Waals surface area contributed by atoms with Gasteiger partial charge in [-0.15, -0.1) is 0 Å². The van der Waals surface area contributed by atoms with Gasteiger partial charge in [0.25, 0.3) is 0 Å². The van der Waals surface area contributed by atoms with E-state index < -0.39 is 0 Å². The molecule has 35 heavy (non-hydrogen) atoms. The van der Waals surface area contributed by atoms with Crippen LogP contribution < -0.4 is 0 Å². The maximum absolute atomic E-state index is 13.2. The largest absolute Gasteiger partial charge is 0.328 e. The summed E-state index contributed by atoms with van der Waals surface area (Å²) in [6.07, 6.45) is 3.49. The molecule has 1 aromatic heterocycles. The Kier molecular flexibility index (Phi) is 7.26. The Hall–Kier alpha value is -3.02. The van der Waals surface area contributed by atoms with Crippen molar-refractivity contribution in [3.05, 3.63) is 101 Å². The van der Waals surface area contributed by atoms with Gasteiger partial charge in [-0.25, -0.2) is 9.37 Å². The third-order valence-electron chi connectivity index (χ3n) is 6.94. The van der Waals surface area contributed by atoms with Crippen LogP contribution in [0, 0.1) is 11.7 Å². The zero-order valence-electron chi connectivity index (χ0n) is 19.7. The molecule has 0 radical (unpaired) electrons. The third kappa shape index (κ3) is 5.63. The van der Waals surface area contributed by atoms with Gasteiger partial charge in [-0.2, -0.15) is 0 Å². The van der Waals surface area contributed by atoms with Crippen LogP contribution in [0.3, 0.4) is 0 Å². The molecule has 0 aliphatic carbocycles. The van der Waals surface area contributed by atoms with Crippen LogP contribution in [-0.2, 0) is 13.0 Å². The highest BCUT2D eigenvalue weighted by atomic mass is 35.5. The summed E-state index contributed by atoms with van der Waals surface area (Å²) in [6, 6.07) is 22.3. The van der Waals surface area contributed by atoms with Crippen LogP contribution >= 0.6 is 11.6 Å². The fraction of sp³-hybridized carbons (Fsp3) is 0.310. The van der Waals surface area contributed by atoms with Gasteiger partial charge in [0, 0.05) is 29.5 Å². The van der Waals surface area contributed by atoms with Gasteiger partial charge >= 0.3 is 0 Å². The summed E-state index contributed by atoms with van der Waals surface area (Å²) < 4.78 is 15.5. The monoisotopic (exact) mass is 489 g/mol. The summed E-state index contributed by atoms with van der Waals surface area (Å²) in [5, 5.41) is 0.700. The summed E-state index contributed by atoms with van der Waals surface area (Å²) in [6.45, 7) is 3.69. The van der Waals surface area contributed by atoms with E-state index in [0.29, 0.717) is 10.6 Å². The average Bonchev–Trinajstić information content (AvgIpc) is 3.21. The fourth-order valence-corrected chi connectivity index (χ4v) is 5.20. The van der Waals surface area contributed by atoms with Gasteiger partial charge in [-0.05, 0) is 86.9 Å². The molecule has 2 heterocycles. The smallest absolute Gasteiger partial charge is 0.166 e. The van der Waals surface area contributed by atoms with Crippen molar-refractivity contribution in [3.63, 3.8) is 0 Å². The molecule has 6 heteroatoms. The lowest BCUT2D eigenvalue weighted by Crippen LogP contribution is -2.37. The quantitative estimate of drug-likeness (QED) is 0.269. The number of piperidine rings is 1. The molecule has 0 spiro atoms. The van der Waals surface area contributed by atoms with E-state index in [4.69, 9.17) is 16.6 Å². The Morgan fingerprint density at radius 3 is 2.46 bits per heavy atom. The number of imidazole rings is 1. The Balaban J connectivity index is 1.20. The molecule has 1 saturated heterocycles. The number of rotatable bonds is 8. The number of aromatic nitrogens is 2. The number of nitrogens with zero attached hydrogens (tertiary/aromatic N) is 3. The van der Waals surface area contributed by atoms with Gasteiger partial charge in [0.15, 0.2) is 5.78 Å². The van der Waals surface area contributed by atoms with E-state index in [-0.39, 0.29) is 17.5 Å². The molecule has 0 amide bonds. The van der Waals surface area contributed by atoms with E-state index in [1.54, 1.807) is 12.1 Å². The molecule has 5 rings (SSSR count). The van der Waals surface area contributed by atoms with E-state index in [1.807, 2.05) is 18.2 Å². The van der Waals surface area contributed by atoms with E-state index in [9.17, 15) is 9.18 Å². The molecule has 180 valence electrons. The van der Waals surface area contributed by atoms with Crippen LogP contribution in [0.2, 0.25) is 5.02 Å². The number of ketones is 1. The third-order valence-corrected chi connectivity index (χ3v) is 7.17. The highest BCUT2D eigenvalue weighted by Gasteiger charge is 2.25. The van der Waals surface area contributed by atoms with Gasteiger partial charge in [0.2, 0.25) is 0 Å². The van der Waals surface area contributed by atoms with E-state index in [1.165, 1.54) is 17.7 Å². The van der Waals surface area contributed by atoms with Gasteiger partial charge in [0.05, 0.1) is 11.0 Å². The summed E-state index contributed by atoms with van der Waals surface area (Å²) in [7, 11) is 0. The van der Waals surface area contributed by atoms with Crippen LogP contribution in [0.5, 0.6) is 0 Å². The van der Waals surface area contributed by atoms with Crippen molar-refractivity contribution < 1.29 is 9.18 Å². The standard InChI is InChI=1S/C29H29ClFN3O/c30-24-9-12-27-26(20-24)32-28(19-21-5-2-1-3-6-21)34(27)16-4-15-33-17-13-23(14-18-33)29(35)22-7-10-25(31)11-8-22/h1-3,5-12,20,23H,4,13-19H2. The molecule has 0 atom stereocenters. The zero-order valence-corrected chi connectivity index (χ0v) is 20.4. The SMILES string of the molecule is O=C(c1ccc(F)cc1)C1CCN(CCCn2c(Cc3ccccc3)nc3cc(Cl)ccc32)CC1. The number of carbonyl (C=O) groups is 1. The average molecular weight is 490 g/mol. The van der Waals surface area contributed by atoms with E-state index in [2.05, 4.69) is 39.8 Å². The molecule has 0 unspecified atom stereocenters. The summed E-state index contributed by atoms with van der Waals surface area (Å²) >= 11 is 6.23. The molecule has 0 bridgehead atoms. The number of hydrogen-bond donors (Lipinski definition) is 0. The van der Waals surface area contributed by atoms with Crippen molar-refractivity contribution in [2.45, 2.75) is 32.2 Å². The second-order valence-electron chi connectivity index (χ2n) is 9.32. The van der Waals surface area contributed by atoms with E-state index >= 15 is 0 Å². The molecular formula is C29H29ClFN3O. The lowest BCUT2D eigenvalue weighted by molar-refractivity contribution is 0.0838. The Bertz CT molecular complexity index is 1300. The first-order valence-corrected chi connectivity index (χ1v) is 12.7. The van der Waals surface area contributed by atoms with Crippen LogP contribution in [-0.4, -0.2) is 39.9 Å². The maximum Gasteiger partial charge on any atom is 0.166 e. The van der Waals surface area contributed by atoms with Crippen molar-refractivity contribution in [3.8, 4) is 0 Å². The molecule has 4 nitrogen and oxygen atoms in total. The number of aryl methyl sites for hydroxylation is 1. The van der Waals surface area contributed by atoms with Crippen molar-refractivity contribution in [2.75, 3.05) is 19.6 Å². The Morgan fingerprint density at radius 1 is 0.971 bits per heavy atom. The number of halogens is 2. The first kappa shape index (κ1) is 23.7. The Labute approximate surface area is 210 Å². The number of hydrogen-bond acceptors (Lipinski definition) is 3. The van der Waals surface area contributed by atoms with Crippen molar-refractivity contribution in [1.29, 1.82) is 0 Å². The zero-order chi connectivity index (χ0) is 24.2. The number of Topliss-reactive ketones (excluding diaryl/α,β-unsaturated/α-hetero) is 1. The van der Waals surface area contributed by atoms with Crippen LogP contribution in [0.1, 0.15) is 41.0 Å². The van der Waals surface area contributed by atoms with E-state index in [0.717, 1.165) is 68.7 Å². The van der Waals surface area contributed by atoms with Gasteiger partial charge < -0.3 is 9.47 Å². The van der Waals surface area contributed by atoms with Crippen molar-refractivity contribution in [2.24, 2.45) is 5.92 Å². The first-order chi connectivity index (χ1) is 17.1. The summed E-state index contributed by atoms with van der Waals surface area (Å²) in [4.78, 5) is 20.1. The minimum absolute atomic E-state index is 0.0246. The van der Waals surface area contributed by atoms with Crippen LogP contribution in [0.4, 0.5) is 4.39 Å². The molecular weight excluding hydrogens is 461 g/mol. The second-order valence-corrected chi connectivity index (χ2v) is 9.75. The summed E-state index contributed by atoms with van der Waals surface area (Å²) in [5.41, 5.74) is 3.90. The number of carbonyl (C=O) groups excluding carboxylic acids is 1. The molecule has 0 saturated carbocycles. The second kappa shape index (κ2) is 10.7. The van der Waals surface area contributed by atoms with Gasteiger partial charge in [0.1, 0.15) is 11.6 Å². The minimum atomic E-state index is -0.308. The molecule has 4 aromatic rings. The fourth-order valence-electron chi connectivity index (χ4n) is 5.04. The highest BCUT2D eigenvalue weighted by Crippen LogP contribution is 2.24. The topological polar surface area (TPSA) is 38.1 Å². The molecule has 1 aliphatic rings. The molecule has 1 fully saturated rings. The lowest BCUT2D eigenvalue weighted by atomic mass is 9.89. The molecule has 3 aromatic carbocycles. The van der Waals surface area contributed by atoms with Crippen LogP contribution in [0.25, 0.3) is 11.0 Å². The Morgan fingerprint density at radius 2 is 1.71 bits per heavy atom. The van der Waals surface area contributed by atoms with Gasteiger partial charge in [-0.3, -0.25) is 4.79 Å². The van der Waals surface area contributed by atoms with Crippen molar-refractivity contribution >= 4 is 28.4 Å². The number of benzene rings is 3. The maximum atomic E-state index is 13.2. The molecule has 1 aliphatic heterocycles. The van der Waals surface area contributed by atoms with Crippen molar-refractivity contribution in [1.82, 2.24) is 14.5 Å². The predicted octanol–water partition coefficient (Wildman–Crippen LogP) is 6.40. The predicted molar refractivity (Wildman–Crippen MR) is 139 cm³/mol. The normalized spacial score (nSPS) is 15.0. The number of fused-ring (bicyclic) bond motifs is 1. The first-order valence-electron chi connectivity index (χ1n) is 12.3. The molecule has 0 N–H and O–H groups in total. The summed E-state index contributed by atoms with van der Waals surface area (Å²) in [5.74, 6) is 0.907. The highest BCUT2D eigenvalue weighted by molar-refractivity contribution is 6.31. The minimum Gasteiger partial charge on any atom is -0.328 e. The number of likely N-dealkylation sites (tertiary alicyclic amines) is 1. The lowest BCUT2D eigenvalue weighted by Gasteiger charge is -2.31. The van der Waals surface area contributed by atoms with Gasteiger partial charge in [-0.1, -0.05) is 41.9 Å².